The van der Waals surface area contributed by atoms with Gasteiger partial charge in [0.2, 0.25) is 0 Å². The number of hydrogen-bond acceptors (Lipinski definition) is 5. The van der Waals surface area contributed by atoms with Crippen LogP contribution in [0.25, 0.3) is 21.7 Å². The molecule has 2 N–H and O–H groups in total. The van der Waals surface area contributed by atoms with Crippen molar-refractivity contribution in [3.05, 3.63) is 40.9 Å². The van der Waals surface area contributed by atoms with Crippen LogP contribution in [-0.4, -0.2) is 40.5 Å². The summed E-state index contributed by atoms with van der Waals surface area (Å²) in [4.78, 5) is 27.9. The number of amides is 1. The van der Waals surface area contributed by atoms with Gasteiger partial charge < -0.3 is 24.5 Å². The molecule has 1 atom stereocenters. The number of fused-ring (bicyclic) bond motifs is 3. The summed E-state index contributed by atoms with van der Waals surface area (Å²) in [5.74, 6) is 1.41. The molecule has 2 heterocycles. The van der Waals surface area contributed by atoms with Crippen LogP contribution in [-0.2, 0) is 7.05 Å². The zero-order valence-corrected chi connectivity index (χ0v) is 16.9. The number of pyridine rings is 2. The summed E-state index contributed by atoms with van der Waals surface area (Å²) in [6.45, 7) is 4.25. The van der Waals surface area contributed by atoms with Crippen LogP contribution in [0.1, 0.15) is 20.3 Å². The fourth-order valence-electron chi connectivity index (χ4n) is 3.53. The number of benzene rings is 1. The Hall–Kier alpha value is -3.29. The molecule has 1 aromatic carbocycles. The Labute approximate surface area is 168 Å². The smallest absolute Gasteiger partial charge is 0.404 e. The maximum absolute atomic E-state index is 12.8. The number of nitrogens with one attached hydrogen (secondary N) is 1. The van der Waals surface area contributed by atoms with E-state index in [1.807, 2.05) is 19.9 Å². The summed E-state index contributed by atoms with van der Waals surface area (Å²) in [6.07, 6.45) is 2.71. The molecule has 0 radical (unpaired) electrons. The molecule has 0 saturated heterocycles. The van der Waals surface area contributed by atoms with E-state index >= 15 is 0 Å². The van der Waals surface area contributed by atoms with E-state index in [4.69, 9.17) is 14.6 Å². The number of rotatable bonds is 7. The highest BCUT2D eigenvalue weighted by atomic mass is 16.5. The lowest BCUT2D eigenvalue weighted by atomic mass is 10.0. The van der Waals surface area contributed by atoms with Gasteiger partial charge in [0.1, 0.15) is 18.1 Å². The fraction of sp³-hybridized carbons (Fsp3) is 0.381. The number of ether oxygens (including phenoxy) is 2. The first kappa shape index (κ1) is 20.4. The van der Waals surface area contributed by atoms with Gasteiger partial charge in [-0.05, 0) is 24.5 Å². The summed E-state index contributed by atoms with van der Waals surface area (Å²) in [5, 5.41) is 13.6. The maximum atomic E-state index is 12.8. The summed E-state index contributed by atoms with van der Waals surface area (Å²) in [6, 6.07) is 5.13. The van der Waals surface area contributed by atoms with Gasteiger partial charge in [0.15, 0.2) is 0 Å². The molecular weight excluding hydrogens is 374 g/mol. The van der Waals surface area contributed by atoms with E-state index in [0.717, 1.165) is 5.39 Å². The Balaban J connectivity index is 2.00. The lowest BCUT2D eigenvalue weighted by molar-refractivity contribution is 0.176. The molecule has 1 amide bonds. The number of carbonyl (C=O) groups is 1. The second-order valence-electron chi connectivity index (χ2n) is 7.39. The molecule has 8 nitrogen and oxygen atoms in total. The highest BCUT2D eigenvalue weighted by Crippen LogP contribution is 2.31. The third-order valence-corrected chi connectivity index (χ3v) is 4.80. The van der Waals surface area contributed by atoms with Crippen LogP contribution in [0.2, 0.25) is 0 Å². The second-order valence-corrected chi connectivity index (χ2v) is 7.39. The van der Waals surface area contributed by atoms with Crippen molar-refractivity contribution in [3.8, 4) is 11.5 Å². The molecule has 29 heavy (non-hydrogen) atoms. The summed E-state index contributed by atoms with van der Waals surface area (Å²) < 4.78 is 12.8. The molecule has 0 aliphatic rings. The van der Waals surface area contributed by atoms with Crippen LogP contribution >= 0.6 is 0 Å². The second kappa shape index (κ2) is 8.38. The zero-order valence-electron chi connectivity index (χ0n) is 16.9. The van der Waals surface area contributed by atoms with Crippen molar-refractivity contribution < 1.29 is 19.4 Å². The van der Waals surface area contributed by atoms with Gasteiger partial charge >= 0.3 is 6.09 Å². The van der Waals surface area contributed by atoms with Gasteiger partial charge in [0.05, 0.1) is 30.3 Å². The Morgan fingerprint density at radius 3 is 2.69 bits per heavy atom. The molecule has 0 aliphatic heterocycles. The molecular formula is C21H25N3O5. The van der Waals surface area contributed by atoms with Crippen LogP contribution in [0.15, 0.2) is 35.4 Å². The average Bonchev–Trinajstić information content (AvgIpc) is 2.68. The monoisotopic (exact) mass is 399 g/mol. The number of hydrogen-bond donors (Lipinski definition) is 2. The van der Waals surface area contributed by atoms with Crippen LogP contribution < -0.4 is 20.3 Å². The highest BCUT2D eigenvalue weighted by molar-refractivity contribution is 6.08. The highest BCUT2D eigenvalue weighted by Gasteiger charge is 2.16. The van der Waals surface area contributed by atoms with Crippen molar-refractivity contribution in [2.75, 3.05) is 13.7 Å². The molecule has 0 saturated carbocycles. The predicted octanol–water partition coefficient (Wildman–Crippen LogP) is 3.16. The van der Waals surface area contributed by atoms with Crippen molar-refractivity contribution in [2.24, 2.45) is 13.0 Å². The van der Waals surface area contributed by atoms with Crippen molar-refractivity contribution in [3.63, 3.8) is 0 Å². The lowest BCUT2D eigenvalue weighted by Gasteiger charge is -2.20. The molecule has 154 valence electrons. The van der Waals surface area contributed by atoms with E-state index in [1.54, 1.807) is 37.1 Å². The topological polar surface area (TPSA) is 103 Å². The molecule has 3 rings (SSSR count). The van der Waals surface area contributed by atoms with E-state index in [-0.39, 0.29) is 18.2 Å². The number of carboxylic acid groups (broad SMARTS) is 1. The van der Waals surface area contributed by atoms with Gasteiger partial charge in [-0.2, -0.15) is 0 Å². The first-order chi connectivity index (χ1) is 13.8. The van der Waals surface area contributed by atoms with Crippen molar-refractivity contribution in [1.29, 1.82) is 0 Å². The van der Waals surface area contributed by atoms with Gasteiger partial charge in [-0.25, -0.2) is 4.79 Å². The fourth-order valence-corrected chi connectivity index (χ4v) is 3.53. The molecule has 8 heteroatoms. The van der Waals surface area contributed by atoms with E-state index < -0.39 is 6.09 Å². The van der Waals surface area contributed by atoms with Gasteiger partial charge in [-0.3, -0.25) is 9.78 Å². The molecule has 1 unspecified atom stereocenters. The van der Waals surface area contributed by atoms with Gasteiger partial charge in [-0.15, -0.1) is 0 Å². The maximum Gasteiger partial charge on any atom is 0.404 e. The third-order valence-electron chi connectivity index (χ3n) is 4.80. The normalized spacial score (nSPS) is 12.3. The molecule has 0 bridgehead atoms. The van der Waals surface area contributed by atoms with E-state index in [2.05, 4.69) is 10.3 Å². The minimum atomic E-state index is -1.08. The standard InChI is InChI=1S/C21H25N3O5/c1-12(2)7-13(23-21(26)27)11-29-14-5-6-15-17(8-14)24(3)20(25)16-9-22-10-18(28-4)19(15)16/h5-6,8-10,12-13,23H,7,11H2,1-4H3,(H,26,27). The van der Waals surface area contributed by atoms with Crippen LogP contribution in [0.4, 0.5) is 4.79 Å². The Bertz CT molecular complexity index is 1110. The number of nitrogens with zero attached hydrogens (tertiary/aromatic N) is 2. The average molecular weight is 399 g/mol. The zero-order chi connectivity index (χ0) is 21.1. The van der Waals surface area contributed by atoms with Crippen molar-refractivity contribution in [2.45, 2.75) is 26.3 Å². The molecule has 2 aromatic heterocycles. The first-order valence-electron chi connectivity index (χ1n) is 9.38. The molecule has 0 aliphatic carbocycles. The van der Waals surface area contributed by atoms with E-state index in [9.17, 15) is 9.59 Å². The summed E-state index contributed by atoms with van der Waals surface area (Å²) in [5.41, 5.74) is 0.511. The van der Waals surface area contributed by atoms with Gasteiger partial charge in [0.25, 0.3) is 5.56 Å². The Morgan fingerprint density at radius 2 is 2.03 bits per heavy atom. The largest absolute Gasteiger partial charge is 0.494 e. The Morgan fingerprint density at radius 1 is 1.28 bits per heavy atom. The molecule has 0 spiro atoms. The quantitative estimate of drug-likeness (QED) is 0.592. The molecule has 0 fully saturated rings. The minimum absolute atomic E-state index is 0.179. The SMILES string of the molecule is COc1cncc2c(=O)n(C)c3cc(OCC(CC(C)C)NC(=O)O)ccc3c12. The number of aromatic nitrogens is 2. The van der Waals surface area contributed by atoms with Crippen LogP contribution in [0.5, 0.6) is 11.5 Å². The Kier molecular flexibility index (Phi) is 5.91. The lowest BCUT2D eigenvalue weighted by Crippen LogP contribution is -2.39. The first-order valence-corrected chi connectivity index (χ1v) is 9.38. The number of aryl methyl sites for hydroxylation is 1. The number of methoxy groups -OCH3 is 1. The van der Waals surface area contributed by atoms with Gasteiger partial charge in [-0.1, -0.05) is 13.8 Å². The van der Waals surface area contributed by atoms with E-state index in [1.165, 1.54) is 6.20 Å². The van der Waals surface area contributed by atoms with Crippen LogP contribution in [0, 0.1) is 5.92 Å². The summed E-state index contributed by atoms with van der Waals surface area (Å²) >= 11 is 0. The van der Waals surface area contributed by atoms with E-state index in [0.29, 0.717) is 40.1 Å². The molecule has 3 aromatic rings. The van der Waals surface area contributed by atoms with Crippen molar-refractivity contribution >= 4 is 27.8 Å². The predicted molar refractivity (Wildman–Crippen MR) is 111 cm³/mol. The van der Waals surface area contributed by atoms with Gasteiger partial charge in [0, 0.05) is 30.1 Å². The van der Waals surface area contributed by atoms with Crippen molar-refractivity contribution in [1.82, 2.24) is 14.9 Å². The summed E-state index contributed by atoms with van der Waals surface area (Å²) in [7, 11) is 3.24. The third kappa shape index (κ3) is 4.26. The minimum Gasteiger partial charge on any atom is -0.494 e. The van der Waals surface area contributed by atoms with Crippen LogP contribution in [0.3, 0.4) is 0 Å².